The van der Waals surface area contributed by atoms with Gasteiger partial charge in [0.25, 0.3) is 0 Å². The Labute approximate surface area is 82.6 Å². The van der Waals surface area contributed by atoms with Crippen LogP contribution in [0.4, 0.5) is 0 Å². The first-order chi connectivity index (χ1) is 6.90. The van der Waals surface area contributed by atoms with E-state index in [1.807, 2.05) is 30.3 Å². The molecular formula is C11H12O3. The molecule has 14 heavy (non-hydrogen) atoms. The van der Waals surface area contributed by atoms with E-state index < -0.39 is 6.29 Å². The molecule has 3 heteroatoms. The number of carbonyl (C=O) groups is 1. The largest absolute Gasteiger partial charge is 0.346 e. The van der Waals surface area contributed by atoms with Crippen molar-refractivity contribution >= 4 is 6.29 Å². The van der Waals surface area contributed by atoms with Crippen LogP contribution in [0.5, 0.6) is 0 Å². The third-order valence-corrected chi connectivity index (χ3v) is 2.24. The van der Waals surface area contributed by atoms with E-state index in [-0.39, 0.29) is 6.10 Å². The van der Waals surface area contributed by atoms with Gasteiger partial charge in [0, 0.05) is 6.42 Å². The molecule has 1 fully saturated rings. The Morgan fingerprint density at radius 3 is 2.79 bits per heavy atom. The first-order valence-electron chi connectivity index (χ1n) is 4.67. The Kier molecular flexibility index (Phi) is 2.91. The van der Waals surface area contributed by atoms with Crippen LogP contribution in [0, 0.1) is 0 Å². The van der Waals surface area contributed by atoms with E-state index in [4.69, 9.17) is 9.47 Å². The van der Waals surface area contributed by atoms with Gasteiger partial charge >= 0.3 is 0 Å². The summed E-state index contributed by atoms with van der Waals surface area (Å²) in [5.74, 6) is 0. The summed E-state index contributed by atoms with van der Waals surface area (Å²) in [6.07, 6.45) is 0.776. The zero-order valence-corrected chi connectivity index (χ0v) is 7.76. The minimum atomic E-state index is -0.700. The van der Waals surface area contributed by atoms with Crippen molar-refractivity contribution in [1.82, 2.24) is 0 Å². The maximum absolute atomic E-state index is 10.5. The smallest absolute Gasteiger partial charge is 0.215 e. The van der Waals surface area contributed by atoms with Gasteiger partial charge in [-0.15, -0.1) is 0 Å². The summed E-state index contributed by atoms with van der Waals surface area (Å²) in [4.78, 5) is 10.5. The van der Waals surface area contributed by atoms with Crippen molar-refractivity contribution in [3.8, 4) is 0 Å². The second kappa shape index (κ2) is 4.35. The summed E-state index contributed by atoms with van der Waals surface area (Å²) in [6, 6.07) is 9.88. The van der Waals surface area contributed by atoms with Gasteiger partial charge < -0.3 is 9.47 Å². The van der Waals surface area contributed by atoms with E-state index in [0.717, 1.165) is 12.0 Å². The summed E-state index contributed by atoms with van der Waals surface area (Å²) >= 11 is 0. The molecule has 1 aliphatic rings. The molecule has 1 aromatic rings. The third-order valence-electron chi connectivity index (χ3n) is 2.24. The van der Waals surface area contributed by atoms with Crippen LogP contribution >= 0.6 is 0 Å². The molecule has 1 saturated heterocycles. The molecule has 0 N–H and O–H groups in total. The zero-order valence-electron chi connectivity index (χ0n) is 7.76. The van der Waals surface area contributed by atoms with E-state index in [2.05, 4.69) is 0 Å². The topological polar surface area (TPSA) is 35.5 Å². The SMILES string of the molecule is O=CC1OCC[C@@H](c2ccccc2)O1. The van der Waals surface area contributed by atoms with Crippen molar-refractivity contribution in [3.05, 3.63) is 35.9 Å². The van der Waals surface area contributed by atoms with E-state index in [0.29, 0.717) is 12.9 Å². The minimum Gasteiger partial charge on any atom is -0.346 e. The molecule has 1 heterocycles. The van der Waals surface area contributed by atoms with E-state index in [1.165, 1.54) is 0 Å². The molecule has 0 radical (unpaired) electrons. The molecule has 0 spiro atoms. The molecule has 0 saturated carbocycles. The van der Waals surface area contributed by atoms with E-state index >= 15 is 0 Å². The predicted molar refractivity (Wildman–Crippen MR) is 50.7 cm³/mol. The standard InChI is InChI=1S/C11H12O3/c12-8-11-13-7-6-10(14-11)9-4-2-1-3-5-9/h1-5,8,10-11H,6-7H2/t10-,11?/m0/s1. The molecule has 2 rings (SSSR count). The van der Waals surface area contributed by atoms with Gasteiger partial charge in [-0.25, -0.2) is 0 Å². The molecule has 0 amide bonds. The van der Waals surface area contributed by atoms with Crippen LogP contribution in [0.3, 0.4) is 0 Å². The maximum Gasteiger partial charge on any atom is 0.215 e. The Morgan fingerprint density at radius 1 is 1.29 bits per heavy atom. The molecule has 74 valence electrons. The first-order valence-corrected chi connectivity index (χ1v) is 4.67. The van der Waals surface area contributed by atoms with Crippen LogP contribution in [-0.2, 0) is 14.3 Å². The number of aldehydes is 1. The van der Waals surface area contributed by atoms with Crippen molar-refractivity contribution in [2.24, 2.45) is 0 Å². The van der Waals surface area contributed by atoms with E-state index in [1.54, 1.807) is 0 Å². The van der Waals surface area contributed by atoms with Gasteiger partial charge in [0.15, 0.2) is 6.29 Å². The molecule has 2 atom stereocenters. The lowest BCUT2D eigenvalue weighted by Gasteiger charge is -2.27. The fraction of sp³-hybridized carbons (Fsp3) is 0.364. The highest BCUT2D eigenvalue weighted by Gasteiger charge is 2.23. The maximum atomic E-state index is 10.5. The Balaban J connectivity index is 2.08. The number of hydrogen-bond acceptors (Lipinski definition) is 3. The van der Waals surface area contributed by atoms with Crippen molar-refractivity contribution < 1.29 is 14.3 Å². The van der Waals surface area contributed by atoms with Crippen LogP contribution in [0.1, 0.15) is 18.1 Å². The molecular weight excluding hydrogens is 180 g/mol. The fourth-order valence-corrected chi connectivity index (χ4v) is 1.54. The van der Waals surface area contributed by atoms with Gasteiger partial charge in [0.1, 0.15) is 0 Å². The summed E-state index contributed by atoms with van der Waals surface area (Å²) in [5, 5.41) is 0. The molecule has 1 unspecified atom stereocenters. The fourth-order valence-electron chi connectivity index (χ4n) is 1.54. The average Bonchev–Trinajstić information content (AvgIpc) is 2.30. The lowest BCUT2D eigenvalue weighted by molar-refractivity contribution is -0.204. The Hall–Kier alpha value is -1.19. The summed E-state index contributed by atoms with van der Waals surface area (Å²) in [6.45, 7) is 0.572. The number of rotatable bonds is 2. The van der Waals surface area contributed by atoms with E-state index in [9.17, 15) is 4.79 Å². The highest BCUT2D eigenvalue weighted by Crippen LogP contribution is 2.26. The number of hydrogen-bond donors (Lipinski definition) is 0. The predicted octanol–water partition coefficient (Wildman–Crippen LogP) is 1.69. The summed E-state index contributed by atoms with van der Waals surface area (Å²) in [7, 11) is 0. The number of carbonyl (C=O) groups excluding carboxylic acids is 1. The molecule has 1 aromatic carbocycles. The third kappa shape index (κ3) is 2.00. The summed E-state index contributed by atoms with van der Waals surface area (Å²) < 4.78 is 10.5. The van der Waals surface area contributed by atoms with Crippen LogP contribution in [0.2, 0.25) is 0 Å². The van der Waals surface area contributed by atoms with Crippen molar-refractivity contribution in [2.45, 2.75) is 18.8 Å². The van der Waals surface area contributed by atoms with Gasteiger partial charge in [-0.05, 0) is 5.56 Å². The van der Waals surface area contributed by atoms with Crippen molar-refractivity contribution in [3.63, 3.8) is 0 Å². The molecule has 0 aliphatic carbocycles. The monoisotopic (exact) mass is 192 g/mol. The van der Waals surface area contributed by atoms with Crippen molar-refractivity contribution in [2.75, 3.05) is 6.61 Å². The lowest BCUT2D eigenvalue weighted by atomic mass is 10.1. The van der Waals surface area contributed by atoms with Crippen LogP contribution < -0.4 is 0 Å². The second-order valence-electron chi connectivity index (χ2n) is 3.20. The van der Waals surface area contributed by atoms with Crippen LogP contribution in [0.25, 0.3) is 0 Å². The first kappa shape index (κ1) is 9.37. The number of benzene rings is 1. The van der Waals surface area contributed by atoms with Gasteiger partial charge in [-0.1, -0.05) is 30.3 Å². The normalized spacial score (nSPS) is 27.1. The van der Waals surface area contributed by atoms with Crippen LogP contribution in [-0.4, -0.2) is 19.2 Å². The van der Waals surface area contributed by atoms with Gasteiger partial charge in [-0.2, -0.15) is 0 Å². The molecule has 0 bridgehead atoms. The Bertz CT molecular complexity index is 297. The second-order valence-corrected chi connectivity index (χ2v) is 3.20. The van der Waals surface area contributed by atoms with Gasteiger partial charge in [0.05, 0.1) is 12.7 Å². The lowest BCUT2D eigenvalue weighted by Crippen LogP contribution is -2.28. The summed E-state index contributed by atoms with van der Waals surface area (Å²) in [5.41, 5.74) is 1.10. The quantitative estimate of drug-likeness (QED) is 0.669. The average molecular weight is 192 g/mol. The van der Waals surface area contributed by atoms with Gasteiger partial charge in [-0.3, -0.25) is 4.79 Å². The van der Waals surface area contributed by atoms with Crippen LogP contribution in [0.15, 0.2) is 30.3 Å². The Morgan fingerprint density at radius 2 is 2.07 bits per heavy atom. The zero-order chi connectivity index (χ0) is 9.80. The minimum absolute atomic E-state index is 0.0138. The number of ether oxygens (including phenoxy) is 2. The molecule has 3 nitrogen and oxygen atoms in total. The van der Waals surface area contributed by atoms with Crippen molar-refractivity contribution in [1.29, 1.82) is 0 Å². The highest BCUT2D eigenvalue weighted by atomic mass is 16.7. The molecule has 1 aliphatic heterocycles. The van der Waals surface area contributed by atoms with Gasteiger partial charge in [0.2, 0.25) is 6.29 Å². The molecule has 0 aromatic heterocycles. The highest BCUT2D eigenvalue weighted by molar-refractivity contribution is 5.54.